The van der Waals surface area contributed by atoms with E-state index in [1.807, 2.05) is 6.07 Å². The largest absolute Gasteiger partial charge is 0.435 e. The van der Waals surface area contributed by atoms with Crippen molar-refractivity contribution >= 4 is 5.91 Å². The summed E-state index contributed by atoms with van der Waals surface area (Å²) in [6.07, 6.45) is -4.58. The Labute approximate surface area is 147 Å². The number of aromatic nitrogens is 2. The van der Waals surface area contributed by atoms with Gasteiger partial charge in [0.1, 0.15) is 11.5 Å². The van der Waals surface area contributed by atoms with E-state index in [0.29, 0.717) is 32.7 Å². The molecule has 2 aromatic rings. The van der Waals surface area contributed by atoms with Crippen LogP contribution in [0.5, 0.6) is 0 Å². The lowest BCUT2D eigenvalue weighted by Crippen LogP contribution is -2.48. The van der Waals surface area contributed by atoms with Gasteiger partial charge in [0.05, 0.1) is 0 Å². The van der Waals surface area contributed by atoms with E-state index in [1.165, 1.54) is 24.1 Å². The third kappa shape index (κ3) is 4.04. The van der Waals surface area contributed by atoms with Crippen molar-refractivity contribution in [2.45, 2.75) is 12.7 Å². The molecule has 1 fully saturated rings. The van der Waals surface area contributed by atoms with Crippen LogP contribution in [0.4, 0.5) is 17.6 Å². The van der Waals surface area contributed by atoms with Gasteiger partial charge in [0, 0.05) is 45.8 Å². The SMILES string of the molecule is Cn1nc(C(F)(F)F)cc1C(=O)N1CCN(Cc2cccc(F)c2)CC1. The number of nitrogens with zero attached hydrogens (tertiary/aromatic N) is 4. The zero-order chi connectivity index (χ0) is 18.9. The molecule has 0 radical (unpaired) electrons. The minimum atomic E-state index is -4.58. The maximum Gasteiger partial charge on any atom is 0.435 e. The predicted octanol–water partition coefficient (Wildman–Crippen LogP) is 2.54. The molecule has 9 heteroatoms. The van der Waals surface area contributed by atoms with Crippen LogP contribution in [0.15, 0.2) is 30.3 Å². The maximum atomic E-state index is 13.2. The molecule has 140 valence electrons. The lowest BCUT2D eigenvalue weighted by molar-refractivity contribution is -0.141. The highest BCUT2D eigenvalue weighted by Gasteiger charge is 2.36. The first-order chi connectivity index (χ1) is 12.2. The number of carbonyl (C=O) groups excluding carboxylic acids is 1. The summed E-state index contributed by atoms with van der Waals surface area (Å²) in [5, 5.41) is 3.38. The van der Waals surface area contributed by atoms with Crippen molar-refractivity contribution in [3.63, 3.8) is 0 Å². The fourth-order valence-corrected chi connectivity index (χ4v) is 2.97. The summed E-state index contributed by atoms with van der Waals surface area (Å²) >= 11 is 0. The molecule has 1 amide bonds. The molecule has 0 bridgehead atoms. The number of carbonyl (C=O) groups is 1. The Morgan fingerprint density at radius 3 is 2.42 bits per heavy atom. The zero-order valence-electron chi connectivity index (χ0n) is 14.1. The van der Waals surface area contributed by atoms with Crippen molar-refractivity contribution in [1.82, 2.24) is 19.6 Å². The molecule has 1 aromatic carbocycles. The van der Waals surface area contributed by atoms with Gasteiger partial charge in [0.2, 0.25) is 0 Å². The monoisotopic (exact) mass is 370 g/mol. The van der Waals surface area contributed by atoms with Gasteiger partial charge in [-0.2, -0.15) is 18.3 Å². The molecule has 0 saturated carbocycles. The Morgan fingerprint density at radius 1 is 1.15 bits per heavy atom. The fraction of sp³-hybridized carbons (Fsp3) is 0.412. The molecule has 0 aliphatic carbocycles. The van der Waals surface area contributed by atoms with Crippen LogP contribution in [-0.4, -0.2) is 51.7 Å². The van der Waals surface area contributed by atoms with E-state index < -0.39 is 17.8 Å². The van der Waals surface area contributed by atoms with E-state index in [0.717, 1.165) is 16.3 Å². The number of hydrogen-bond acceptors (Lipinski definition) is 3. The number of rotatable bonds is 3. The second-order valence-electron chi connectivity index (χ2n) is 6.23. The van der Waals surface area contributed by atoms with E-state index in [2.05, 4.69) is 10.00 Å². The number of piperazine rings is 1. The highest BCUT2D eigenvalue weighted by molar-refractivity contribution is 5.92. The lowest BCUT2D eigenvalue weighted by Gasteiger charge is -2.34. The molecular weight excluding hydrogens is 352 g/mol. The molecule has 0 spiro atoms. The highest BCUT2D eigenvalue weighted by atomic mass is 19.4. The predicted molar refractivity (Wildman–Crippen MR) is 85.8 cm³/mol. The van der Waals surface area contributed by atoms with Crippen LogP contribution in [0.25, 0.3) is 0 Å². The standard InChI is InChI=1S/C17H18F4N4O/c1-23-14(10-15(22-23)17(19,20)21)16(26)25-7-5-24(6-8-25)11-12-3-2-4-13(18)9-12/h2-4,9-10H,5-8,11H2,1H3. The number of aryl methyl sites for hydroxylation is 1. The Hall–Kier alpha value is -2.42. The van der Waals surface area contributed by atoms with Gasteiger partial charge in [0.25, 0.3) is 5.91 Å². The van der Waals surface area contributed by atoms with Gasteiger partial charge in [-0.25, -0.2) is 4.39 Å². The summed E-state index contributed by atoms with van der Waals surface area (Å²) in [6, 6.07) is 7.09. The number of benzene rings is 1. The van der Waals surface area contributed by atoms with Crippen molar-refractivity contribution in [2.24, 2.45) is 7.05 Å². The van der Waals surface area contributed by atoms with E-state index in [4.69, 9.17) is 0 Å². The number of hydrogen-bond donors (Lipinski definition) is 0. The number of halogens is 4. The van der Waals surface area contributed by atoms with Gasteiger partial charge in [0.15, 0.2) is 5.69 Å². The van der Waals surface area contributed by atoms with E-state index >= 15 is 0 Å². The number of amides is 1. The molecule has 1 aromatic heterocycles. The molecule has 26 heavy (non-hydrogen) atoms. The van der Waals surface area contributed by atoms with Crippen molar-refractivity contribution in [1.29, 1.82) is 0 Å². The van der Waals surface area contributed by atoms with Gasteiger partial charge >= 0.3 is 6.18 Å². The molecule has 5 nitrogen and oxygen atoms in total. The Bertz CT molecular complexity index is 794. The van der Waals surface area contributed by atoms with Crippen LogP contribution >= 0.6 is 0 Å². The van der Waals surface area contributed by atoms with Gasteiger partial charge in [-0.1, -0.05) is 12.1 Å². The van der Waals surface area contributed by atoms with Gasteiger partial charge in [-0.3, -0.25) is 14.4 Å². The fourth-order valence-electron chi connectivity index (χ4n) is 2.97. The number of alkyl halides is 3. The molecule has 1 saturated heterocycles. The third-order valence-corrected chi connectivity index (χ3v) is 4.34. The molecular formula is C17H18F4N4O. The first-order valence-electron chi connectivity index (χ1n) is 8.11. The second-order valence-corrected chi connectivity index (χ2v) is 6.23. The summed E-state index contributed by atoms with van der Waals surface area (Å²) < 4.78 is 52.4. The second kappa shape index (κ2) is 7.06. The van der Waals surface area contributed by atoms with Crippen LogP contribution in [-0.2, 0) is 19.8 Å². The minimum absolute atomic E-state index is 0.0871. The summed E-state index contributed by atoms with van der Waals surface area (Å²) in [5.74, 6) is -0.770. The molecule has 3 rings (SSSR count). The average molecular weight is 370 g/mol. The van der Waals surface area contributed by atoms with E-state index in [9.17, 15) is 22.4 Å². The van der Waals surface area contributed by atoms with E-state index in [1.54, 1.807) is 6.07 Å². The quantitative estimate of drug-likeness (QED) is 0.780. The first kappa shape index (κ1) is 18.4. The Morgan fingerprint density at radius 2 is 1.85 bits per heavy atom. The average Bonchev–Trinajstić information content (AvgIpc) is 2.97. The molecule has 0 atom stereocenters. The van der Waals surface area contributed by atoms with Gasteiger partial charge in [-0.05, 0) is 17.7 Å². The van der Waals surface area contributed by atoms with Crippen molar-refractivity contribution < 1.29 is 22.4 Å². The summed E-state index contributed by atoms with van der Waals surface area (Å²) in [7, 11) is 1.32. The van der Waals surface area contributed by atoms with Crippen LogP contribution in [0.1, 0.15) is 21.7 Å². The van der Waals surface area contributed by atoms with Crippen molar-refractivity contribution in [2.75, 3.05) is 26.2 Å². The van der Waals surface area contributed by atoms with Gasteiger partial charge < -0.3 is 4.90 Å². The molecule has 0 unspecified atom stereocenters. The van der Waals surface area contributed by atoms with Crippen LogP contribution in [0.2, 0.25) is 0 Å². The first-order valence-corrected chi connectivity index (χ1v) is 8.11. The summed E-state index contributed by atoms with van der Waals surface area (Å²) in [4.78, 5) is 16.1. The smallest absolute Gasteiger partial charge is 0.335 e. The molecule has 1 aliphatic heterocycles. The normalized spacial score (nSPS) is 16.1. The Kier molecular flexibility index (Phi) is 4.99. The lowest BCUT2D eigenvalue weighted by atomic mass is 10.2. The summed E-state index contributed by atoms with van der Waals surface area (Å²) in [5.41, 5.74) is -0.324. The molecule has 1 aliphatic rings. The minimum Gasteiger partial charge on any atom is -0.335 e. The maximum absolute atomic E-state index is 13.2. The van der Waals surface area contributed by atoms with Crippen LogP contribution in [0.3, 0.4) is 0 Å². The highest BCUT2D eigenvalue weighted by Crippen LogP contribution is 2.28. The zero-order valence-corrected chi connectivity index (χ0v) is 14.1. The van der Waals surface area contributed by atoms with Crippen molar-refractivity contribution in [3.05, 3.63) is 53.1 Å². The third-order valence-electron chi connectivity index (χ3n) is 4.34. The van der Waals surface area contributed by atoms with Gasteiger partial charge in [-0.15, -0.1) is 0 Å². The topological polar surface area (TPSA) is 41.4 Å². The Balaban J connectivity index is 1.61. The van der Waals surface area contributed by atoms with Crippen molar-refractivity contribution in [3.8, 4) is 0 Å². The van der Waals surface area contributed by atoms with Crippen LogP contribution < -0.4 is 0 Å². The van der Waals surface area contributed by atoms with Crippen LogP contribution in [0, 0.1) is 5.82 Å². The summed E-state index contributed by atoms with van der Waals surface area (Å²) in [6.45, 7) is 2.46. The molecule has 0 N–H and O–H groups in total. The molecule has 2 heterocycles. The van der Waals surface area contributed by atoms with E-state index in [-0.39, 0.29) is 11.5 Å².